The minimum absolute atomic E-state index is 0.720. The average Bonchev–Trinajstić information content (AvgIpc) is 4.08. The van der Waals surface area contributed by atoms with Crippen molar-refractivity contribution in [2.24, 2.45) is 0 Å². The molecule has 10 aromatic carbocycles. The van der Waals surface area contributed by atoms with Crippen molar-refractivity contribution >= 4 is 75.1 Å². The van der Waals surface area contributed by atoms with Crippen molar-refractivity contribution in [3.8, 4) is 67.5 Å². The van der Waals surface area contributed by atoms with Gasteiger partial charge in [-0.15, -0.1) is 11.3 Å². The predicted octanol–water partition coefficient (Wildman–Crippen LogP) is 17.4. The first kappa shape index (κ1) is 39.3. The van der Waals surface area contributed by atoms with Gasteiger partial charge in [0.25, 0.3) is 0 Å². The molecule has 5 heteroatoms. The van der Waals surface area contributed by atoms with E-state index < -0.39 is 0 Å². The van der Waals surface area contributed by atoms with Gasteiger partial charge in [0.15, 0.2) is 5.82 Å². The monoisotopic (exact) mass is 896 g/mol. The van der Waals surface area contributed by atoms with Gasteiger partial charge >= 0.3 is 0 Å². The van der Waals surface area contributed by atoms with Gasteiger partial charge < -0.3 is 9.13 Å². The van der Waals surface area contributed by atoms with Crippen molar-refractivity contribution < 1.29 is 0 Å². The Morgan fingerprint density at radius 2 is 0.681 bits per heavy atom. The van der Waals surface area contributed by atoms with Crippen LogP contribution in [0.1, 0.15) is 0 Å². The van der Waals surface area contributed by atoms with Crippen molar-refractivity contribution in [3.05, 3.63) is 243 Å². The molecule has 0 bridgehead atoms. The molecule has 0 amide bonds. The van der Waals surface area contributed by atoms with Crippen LogP contribution in [0.15, 0.2) is 243 Å². The summed E-state index contributed by atoms with van der Waals surface area (Å²) in [7, 11) is 0. The van der Waals surface area contributed by atoms with Crippen molar-refractivity contribution in [3.63, 3.8) is 0 Å². The van der Waals surface area contributed by atoms with Crippen molar-refractivity contribution in [2.75, 3.05) is 0 Å². The number of aromatic nitrogens is 4. The molecule has 0 atom stereocenters. The Bertz CT molecular complexity index is 4230. The molecule has 0 aliphatic rings. The highest BCUT2D eigenvalue weighted by Gasteiger charge is 2.18. The minimum Gasteiger partial charge on any atom is -0.309 e. The summed E-state index contributed by atoms with van der Waals surface area (Å²) in [5.74, 6) is 0.720. The van der Waals surface area contributed by atoms with Crippen LogP contribution in [0.2, 0.25) is 0 Å². The van der Waals surface area contributed by atoms with Crippen LogP contribution in [0.25, 0.3) is 131 Å². The van der Waals surface area contributed by atoms with Gasteiger partial charge in [-0.25, -0.2) is 9.97 Å². The molecule has 0 spiro atoms. The number of hydrogen-bond donors (Lipinski definition) is 0. The van der Waals surface area contributed by atoms with E-state index in [9.17, 15) is 0 Å². The fraction of sp³-hybridized carbons (Fsp3) is 0. The maximum absolute atomic E-state index is 5.13. The Morgan fingerprint density at radius 3 is 1.22 bits per heavy atom. The van der Waals surface area contributed by atoms with Crippen LogP contribution >= 0.6 is 11.3 Å². The van der Waals surface area contributed by atoms with E-state index in [-0.39, 0.29) is 0 Å². The molecular formula is C64H40N4S. The van der Waals surface area contributed by atoms with E-state index in [0.29, 0.717) is 0 Å². The molecule has 0 saturated heterocycles. The van der Waals surface area contributed by atoms with Crippen LogP contribution in [-0.4, -0.2) is 19.1 Å². The molecule has 0 N–H and O–H groups in total. The molecule has 14 rings (SSSR count). The van der Waals surface area contributed by atoms with Gasteiger partial charge in [0.2, 0.25) is 0 Å². The summed E-state index contributed by atoms with van der Waals surface area (Å²) in [6.45, 7) is 0. The normalized spacial score (nSPS) is 11.8. The summed E-state index contributed by atoms with van der Waals surface area (Å²) < 4.78 is 7.25. The molecule has 322 valence electrons. The molecule has 4 nitrogen and oxygen atoms in total. The smallest absolute Gasteiger partial charge is 0.160 e. The van der Waals surface area contributed by atoms with Gasteiger partial charge in [-0.1, -0.05) is 152 Å². The number of rotatable bonds is 7. The summed E-state index contributed by atoms with van der Waals surface area (Å²) in [6.07, 6.45) is 0. The molecule has 0 fully saturated rings. The SMILES string of the molecule is c1ccc(-c2cc(-c3ccccc3)nc(-c3ccc4c(c3)sc3ccc(-c5ccc6c(c5)c5cc(-c7ccc8c(c7)c7ccccc7n8-c7ccccc7)ccc5n6-c5ccccc5)cc34)n2)cc1. The summed E-state index contributed by atoms with van der Waals surface area (Å²) in [6, 6.07) is 87.5. The number of benzene rings is 10. The van der Waals surface area contributed by atoms with Gasteiger partial charge in [-0.3, -0.25) is 0 Å². The van der Waals surface area contributed by atoms with E-state index in [1.807, 2.05) is 23.5 Å². The first-order chi connectivity index (χ1) is 34.2. The molecule has 0 aliphatic carbocycles. The average molecular weight is 897 g/mol. The Hall–Kier alpha value is -8.90. The summed E-state index contributed by atoms with van der Waals surface area (Å²) in [5, 5.41) is 7.43. The molecule has 0 aliphatic heterocycles. The van der Waals surface area contributed by atoms with Gasteiger partial charge in [0, 0.05) is 69.8 Å². The van der Waals surface area contributed by atoms with Gasteiger partial charge in [0.1, 0.15) is 0 Å². The zero-order valence-corrected chi connectivity index (χ0v) is 38.1. The molecule has 69 heavy (non-hydrogen) atoms. The highest BCUT2D eigenvalue weighted by atomic mass is 32.1. The largest absolute Gasteiger partial charge is 0.309 e. The number of fused-ring (bicyclic) bond motifs is 9. The Morgan fingerprint density at radius 1 is 0.261 bits per heavy atom. The van der Waals surface area contributed by atoms with Crippen molar-refractivity contribution in [2.45, 2.75) is 0 Å². The molecule has 4 aromatic heterocycles. The highest BCUT2D eigenvalue weighted by Crippen LogP contribution is 2.42. The summed E-state index contributed by atoms with van der Waals surface area (Å²) in [5.41, 5.74) is 16.8. The summed E-state index contributed by atoms with van der Waals surface area (Å²) in [4.78, 5) is 10.3. The van der Waals surface area contributed by atoms with Gasteiger partial charge in [-0.2, -0.15) is 0 Å². The molecule has 0 saturated carbocycles. The lowest BCUT2D eigenvalue weighted by Crippen LogP contribution is -1.95. The van der Waals surface area contributed by atoms with Crippen LogP contribution in [0.4, 0.5) is 0 Å². The van der Waals surface area contributed by atoms with E-state index in [4.69, 9.17) is 9.97 Å². The lowest BCUT2D eigenvalue weighted by atomic mass is 9.98. The first-order valence-electron chi connectivity index (χ1n) is 23.4. The second-order valence-electron chi connectivity index (χ2n) is 17.8. The second kappa shape index (κ2) is 15.9. The van der Waals surface area contributed by atoms with Gasteiger partial charge in [-0.05, 0) is 113 Å². The Balaban J connectivity index is 0.881. The van der Waals surface area contributed by atoms with Crippen LogP contribution in [0.3, 0.4) is 0 Å². The van der Waals surface area contributed by atoms with Crippen molar-refractivity contribution in [1.29, 1.82) is 0 Å². The lowest BCUT2D eigenvalue weighted by molar-refractivity contribution is 1.18. The lowest BCUT2D eigenvalue weighted by Gasteiger charge is -2.09. The molecule has 0 unspecified atom stereocenters. The summed E-state index contributed by atoms with van der Waals surface area (Å²) >= 11 is 1.82. The van der Waals surface area contributed by atoms with E-state index in [1.165, 1.54) is 86.0 Å². The van der Waals surface area contributed by atoms with E-state index in [2.05, 4.69) is 240 Å². The molecular weight excluding hydrogens is 857 g/mol. The standard InChI is InChI=1S/C64H40N4S/c1-5-15-41(16-6-1)56-40-57(42-17-7-2-8-18-42)66-64(65-56)47-25-30-51-55-38-46(29-34-62(55)69-63(51)39-47)45-28-33-61-54(37-45)53-36-44(27-32-60(53)68(61)49-21-11-4-12-22-49)43-26-31-59-52(35-43)50-23-13-14-24-58(50)67(59)48-19-9-3-10-20-48/h1-40H. The minimum atomic E-state index is 0.720. The fourth-order valence-electron chi connectivity index (χ4n) is 10.4. The topological polar surface area (TPSA) is 35.6 Å². The number of para-hydroxylation sites is 3. The zero-order chi connectivity index (χ0) is 45.4. The maximum Gasteiger partial charge on any atom is 0.160 e. The third-order valence-electron chi connectivity index (χ3n) is 13.7. The Kier molecular flexibility index (Phi) is 9.04. The fourth-order valence-corrected chi connectivity index (χ4v) is 11.6. The molecule has 4 heterocycles. The van der Waals surface area contributed by atoms with Gasteiger partial charge in [0.05, 0.1) is 33.5 Å². The maximum atomic E-state index is 5.13. The third kappa shape index (κ3) is 6.58. The quantitative estimate of drug-likeness (QED) is 0.160. The highest BCUT2D eigenvalue weighted by molar-refractivity contribution is 7.25. The zero-order valence-electron chi connectivity index (χ0n) is 37.3. The second-order valence-corrected chi connectivity index (χ2v) is 18.9. The van der Waals surface area contributed by atoms with Crippen molar-refractivity contribution in [1.82, 2.24) is 19.1 Å². The first-order valence-corrected chi connectivity index (χ1v) is 24.2. The van der Waals surface area contributed by atoms with Crippen LogP contribution in [-0.2, 0) is 0 Å². The predicted molar refractivity (Wildman–Crippen MR) is 291 cm³/mol. The van der Waals surface area contributed by atoms with E-state index >= 15 is 0 Å². The van der Waals surface area contributed by atoms with Crippen LogP contribution in [0, 0.1) is 0 Å². The number of hydrogen-bond acceptors (Lipinski definition) is 3. The van der Waals surface area contributed by atoms with E-state index in [1.54, 1.807) is 0 Å². The molecule has 14 aromatic rings. The number of thiophene rings is 1. The van der Waals surface area contributed by atoms with Crippen LogP contribution < -0.4 is 0 Å². The van der Waals surface area contributed by atoms with Crippen LogP contribution in [0.5, 0.6) is 0 Å². The van der Waals surface area contributed by atoms with E-state index in [0.717, 1.165) is 45.3 Å². The Labute approximate surface area is 402 Å². The third-order valence-corrected chi connectivity index (χ3v) is 14.9. The molecule has 0 radical (unpaired) electrons. The number of nitrogens with zero attached hydrogens (tertiary/aromatic N) is 4.